The molecule has 5 nitrogen and oxygen atoms in total. The molecule has 3 N–H and O–H groups in total. The number of carboxylic acids is 2. The Labute approximate surface area is 96.9 Å². The number of aliphatic carboxylic acids is 2. The Morgan fingerprint density at radius 3 is 2.29 bits per heavy atom. The maximum absolute atomic E-state index is 12.6. The quantitative estimate of drug-likeness (QED) is 0.703. The Morgan fingerprint density at radius 1 is 1.24 bits per heavy atom. The maximum atomic E-state index is 12.6. The molecule has 0 heterocycles. The number of anilines is 1. The van der Waals surface area contributed by atoms with Crippen molar-refractivity contribution in [1.29, 1.82) is 0 Å². The van der Waals surface area contributed by atoms with E-state index in [1.54, 1.807) is 0 Å². The van der Waals surface area contributed by atoms with E-state index >= 15 is 0 Å². The molecular weight excluding hydrogens is 229 g/mol. The normalized spacial score (nSPS) is 11.8. The predicted octanol–water partition coefficient (Wildman–Crippen LogP) is 1.56. The monoisotopic (exact) mass is 241 g/mol. The Bertz CT molecular complexity index is 404. The molecule has 1 aromatic carbocycles. The fourth-order valence-electron chi connectivity index (χ4n) is 1.27. The van der Waals surface area contributed by atoms with E-state index in [0.717, 1.165) is 0 Å². The molecule has 0 aliphatic rings. The van der Waals surface area contributed by atoms with E-state index in [4.69, 9.17) is 10.2 Å². The molecule has 6 heteroatoms. The lowest BCUT2D eigenvalue weighted by Crippen LogP contribution is -2.29. The van der Waals surface area contributed by atoms with Gasteiger partial charge in [-0.25, -0.2) is 9.18 Å². The first kappa shape index (κ1) is 13.0. The lowest BCUT2D eigenvalue weighted by molar-refractivity contribution is -0.139. The number of benzene rings is 1. The van der Waals surface area contributed by atoms with Crippen LogP contribution in [0.5, 0.6) is 0 Å². The standard InChI is InChI=1S/C11H12FNO4/c12-7-1-3-8(4-2-7)13-9(11(16)17)5-6-10(14)15/h1-4,9,13H,5-6H2,(H,14,15)(H,16,17). The number of halogens is 1. The zero-order valence-corrected chi connectivity index (χ0v) is 8.89. The predicted molar refractivity (Wildman–Crippen MR) is 58.3 cm³/mol. The highest BCUT2D eigenvalue weighted by molar-refractivity contribution is 5.78. The number of carbonyl (C=O) groups is 2. The molecule has 0 fully saturated rings. The third-order valence-electron chi connectivity index (χ3n) is 2.13. The van der Waals surface area contributed by atoms with Gasteiger partial charge in [0, 0.05) is 12.1 Å². The van der Waals surface area contributed by atoms with Gasteiger partial charge >= 0.3 is 11.9 Å². The van der Waals surface area contributed by atoms with Gasteiger partial charge in [-0.15, -0.1) is 0 Å². The van der Waals surface area contributed by atoms with Gasteiger partial charge < -0.3 is 15.5 Å². The summed E-state index contributed by atoms with van der Waals surface area (Å²) in [4.78, 5) is 21.2. The second-order valence-corrected chi connectivity index (χ2v) is 3.47. The zero-order valence-electron chi connectivity index (χ0n) is 8.89. The minimum atomic E-state index is -1.14. The molecule has 1 rings (SSSR count). The summed E-state index contributed by atoms with van der Waals surface area (Å²) in [7, 11) is 0. The summed E-state index contributed by atoms with van der Waals surface area (Å²) in [5.41, 5.74) is 0.434. The number of rotatable bonds is 6. The number of hydrogen-bond acceptors (Lipinski definition) is 3. The largest absolute Gasteiger partial charge is 0.481 e. The average Bonchev–Trinajstić information content (AvgIpc) is 2.26. The highest BCUT2D eigenvalue weighted by Gasteiger charge is 2.18. The molecule has 1 unspecified atom stereocenters. The van der Waals surface area contributed by atoms with Crippen LogP contribution in [0.1, 0.15) is 12.8 Å². The van der Waals surface area contributed by atoms with Gasteiger partial charge in [-0.2, -0.15) is 0 Å². The fraction of sp³-hybridized carbons (Fsp3) is 0.273. The topological polar surface area (TPSA) is 86.6 Å². The van der Waals surface area contributed by atoms with E-state index < -0.39 is 23.8 Å². The third kappa shape index (κ3) is 4.50. The van der Waals surface area contributed by atoms with Crippen molar-refractivity contribution in [2.45, 2.75) is 18.9 Å². The Hall–Kier alpha value is -2.11. The average molecular weight is 241 g/mol. The van der Waals surface area contributed by atoms with Crippen molar-refractivity contribution in [1.82, 2.24) is 0 Å². The van der Waals surface area contributed by atoms with Gasteiger partial charge in [-0.3, -0.25) is 4.79 Å². The van der Waals surface area contributed by atoms with E-state index in [1.807, 2.05) is 0 Å². The second-order valence-electron chi connectivity index (χ2n) is 3.47. The van der Waals surface area contributed by atoms with E-state index in [-0.39, 0.29) is 12.8 Å². The van der Waals surface area contributed by atoms with Crippen LogP contribution >= 0.6 is 0 Å². The SMILES string of the molecule is O=C(O)CCC(Nc1ccc(F)cc1)C(=O)O. The van der Waals surface area contributed by atoms with Crippen LogP contribution in [0, 0.1) is 5.82 Å². The van der Waals surface area contributed by atoms with Gasteiger partial charge in [0.15, 0.2) is 0 Å². The number of carboxylic acid groups (broad SMARTS) is 2. The van der Waals surface area contributed by atoms with Crippen LogP contribution < -0.4 is 5.32 Å². The first-order chi connectivity index (χ1) is 7.99. The molecule has 0 radical (unpaired) electrons. The van der Waals surface area contributed by atoms with Crippen LogP contribution in [0.15, 0.2) is 24.3 Å². The van der Waals surface area contributed by atoms with E-state index in [0.29, 0.717) is 5.69 Å². The molecule has 92 valence electrons. The summed E-state index contributed by atoms with van der Waals surface area (Å²) >= 11 is 0. The molecule has 0 saturated heterocycles. The van der Waals surface area contributed by atoms with Crippen LogP contribution in [0.2, 0.25) is 0 Å². The Balaban J connectivity index is 2.63. The van der Waals surface area contributed by atoms with Crippen molar-refractivity contribution in [3.05, 3.63) is 30.1 Å². The highest BCUT2D eigenvalue weighted by Crippen LogP contribution is 2.12. The maximum Gasteiger partial charge on any atom is 0.326 e. The van der Waals surface area contributed by atoms with Gasteiger partial charge in [-0.05, 0) is 30.7 Å². The van der Waals surface area contributed by atoms with Crippen LogP contribution in [0.3, 0.4) is 0 Å². The lowest BCUT2D eigenvalue weighted by Gasteiger charge is -2.14. The molecule has 1 aromatic rings. The molecule has 0 aliphatic carbocycles. The third-order valence-corrected chi connectivity index (χ3v) is 2.13. The van der Waals surface area contributed by atoms with Crippen LogP contribution in [-0.4, -0.2) is 28.2 Å². The minimum Gasteiger partial charge on any atom is -0.481 e. The van der Waals surface area contributed by atoms with Crippen LogP contribution in [0.4, 0.5) is 10.1 Å². The van der Waals surface area contributed by atoms with E-state index in [9.17, 15) is 14.0 Å². The molecule has 0 aromatic heterocycles. The molecule has 1 atom stereocenters. The summed E-state index contributed by atoms with van der Waals surface area (Å²) in [6, 6.07) is 4.17. The van der Waals surface area contributed by atoms with E-state index in [1.165, 1.54) is 24.3 Å². The minimum absolute atomic E-state index is 0.0396. The zero-order chi connectivity index (χ0) is 12.8. The van der Waals surface area contributed by atoms with Gasteiger partial charge in [0.25, 0.3) is 0 Å². The molecule has 0 spiro atoms. The van der Waals surface area contributed by atoms with Gasteiger partial charge in [0.2, 0.25) is 0 Å². The molecular formula is C11H12FNO4. The molecule has 0 saturated carbocycles. The summed E-state index contributed by atoms with van der Waals surface area (Å²) in [5.74, 6) is -2.62. The van der Waals surface area contributed by atoms with Gasteiger partial charge in [-0.1, -0.05) is 0 Å². The van der Waals surface area contributed by atoms with Crippen molar-refractivity contribution in [3.63, 3.8) is 0 Å². The Morgan fingerprint density at radius 2 is 1.82 bits per heavy atom. The van der Waals surface area contributed by atoms with E-state index in [2.05, 4.69) is 5.32 Å². The fourth-order valence-corrected chi connectivity index (χ4v) is 1.27. The number of nitrogens with one attached hydrogen (secondary N) is 1. The summed E-state index contributed by atoms with van der Waals surface area (Å²) in [6.45, 7) is 0. The summed E-state index contributed by atoms with van der Waals surface area (Å²) in [6.07, 6.45) is -0.285. The summed E-state index contributed by atoms with van der Waals surface area (Å²) in [5, 5.41) is 20.0. The van der Waals surface area contributed by atoms with Crippen molar-refractivity contribution < 1.29 is 24.2 Å². The second kappa shape index (κ2) is 5.83. The highest BCUT2D eigenvalue weighted by atomic mass is 19.1. The first-order valence-corrected chi connectivity index (χ1v) is 4.95. The molecule has 0 aliphatic heterocycles. The summed E-state index contributed by atoms with van der Waals surface area (Å²) < 4.78 is 12.6. The van der Waals surface area contributed by atoms with Gasteiger partial charge in [0.1, 0.15) is 11.9 Å². The number of hydrogen-bond donors (Lipinski definition) is 3. The van der Waals surface area contributed by atoms with Crippen molar-refractivity contribution >= 4 is 17.6 Å². The molecule has 0 bridgehead atoms. The van der Waals surface area contributed by atoms with Gasteiger partial charge in [0.05, 0.1) is 0 Å². The Kier molecular flexibility index (Phi) is 4.45. The smallest absolute Gasteiger partial charge is 0.326 e. The van der Waals surface area contributed by atoms with Crippen molar-refractivity contribution in [3.8, 4) is 0 Å². The van der Waals surface area contributed by atoms with Crippen molar-refractivity contribution in [2.24, 2.45) is 0 Å². The van der Waals surface area contributed by atoms with Crippen LogP contribution in [0.25, 0.3) is 0 Å². The van der Waals surface area contributed by atoms with Crippen molar-refractivity contribution in [2.75, 3.05) is 5.32 Å². The first-order valence-electron chi connectivity index (χ1n) is 4.95. The molecule has 17 heavy (non-hydrogen) atoms. The van der Waals surface area contributed by atoms with Crippen LogP contribution in [-0.2, 0) is 9.59 Å². The molecule has 0 amide bonds. The lowest BCUT2D eigenvalue weighted by atomic mass is 10.1.